The van der Waals surface area contributed by atoms with Crippen LogP contribution in [0, 0.1) is 5.92 Å². The third-order valence-corrected chi connectivity index (χ3v) is 4.75. The van der Waals surface area contributed by atoms with Gasteiger partial charge in [0.15, 0.2) is 11.5 Å². The molecule has 0 bridgehead atoms. The average molecular weight is 291 g/mol. The molecule has 1 atom stereocenters. The second-order valence-electron chi connectivity index (χ2n) is 6.04. The van der Waals surface area contributed by atoms with Crippen LogP contribution >= 0.6 is 0 Å². The van der Waals surface area contributed by atoms with E-state index < -0.39 is 0 Å². The molecule has 1 unspecified atom stereocenters. The Morgan fingerprint density at radius 1 is 1.10 bits per heavy atom. The van der Waals surface area contributed by atoms with Gasteiger partial charge in [-0.05, 0) is 43.5 Å². The van der Waals surface area contributed by atoms with E-state index in [1.807, 2.05) is 13.1 Å². The highest BCUT2D eigenvalue weighted by molar-refractivity contribution is 5.43. The van der Waals surface area contributed by atoms with Crippen molar-refractivity contribution < 1.29 is 9.47 Å². The van der Waals surface area contributed by atoms with E-state index in [0.717, 1.165) is 17.4 Å². The van der Waals surface area contributed by atoms with Crippen molar-refractivity contribution in [2.75, 3.05) is 21.3 Å². The third-order valence-electron chi connectivity index (χ3n) is 4.75. The highest BCUT2D eigenvalue weighted by atomic mass is 16.5. The van der Waals surface area contributed by atoms with Gasteiger partial charge in [-0.3, -0.25) is 0 Å². The Bertz CT molecular complexity index is 427. The molecule has 1 aliphatic rings. The summed E-state index contributed by atoms with van der Waals surface area (Å²) in [6, 6.07) is 6.63. The number of nitrogens with one attached hydrogen (secondary N) is 1. The lowest BCUT2D eigenvalue weighted by Crippen LogP contribution is -2.18. The van der Waals surface area contributed by atoms with E-state index >= 15 is 0 Å². The van der Waals surface area contributed by atoms with Gasteiger partial charge in [0.05, 0.1) is 14.2 Å². The molecule has 2 rings (SSSR count). The number of benzene rings is 1. The van der Waals surface area contributed by atoms with Crippen LogP contribution < -0.4 is 14.8 Å². The highest BCUT2D eigenvalue weighted by Gasteiger charge is 2.17. The van der Waals surface area contributed by atoms with Gasteiger partial charge in [0.2, 0.25) is 0 Å². The predicted molar refractivity (Wildman–Crippen MR) is 87.2 cm³/mol. The van der Waals surface area contributed by atoms with E-state index in [4.69, 9.17) is 9.47 Å². The van der Waals surface area contributed by atoms with Crippen molar-refractivity contribution in [1.82, 2.24) is 5.32 Å². The standard InChI is InChI=1S/C18H29NO2/c1-19-16(11-9-14-7-5-4-6-8-14)15-10-12-17(20-2)18(13-15)21-3/h10,12-14,16,19H,4-9,11H2,1-3H3. The van der Waals surface area contributed by atoms with Gasteiger partial charge in [0.25, 0.3) is 0 Å². The molecule has 1 fully saturated rings. The van der Waals surface area contributed by atoms with Gasteiger partial charge in [0, 0.05) is 6.04 Å². The minimum absolute atomic E-state index is 0.395. The largest absolute Gasteiger partial charge is 0.493 e. The van der Waals surface area contributed by atoms with Crippen LogP contribution in [0.15, 0.2) is 18.2 Å². The van der Waals surface area contributed by atoms with Gasteiger partial charge in [-0.15, -0.1) is 0 Å². The van der Waals surface area contributed by atoms with Crippen LogP contribution in [0.2, 0.25) is 0 Å². The molecule has 0 heterocycles. The quantitative estimate of drug-likeness (QED) is 0.811. The fourth-order valence-electron chi connectivity index (χ4n) is 3.43. The molecule has 0 aromatic heterocycles. The molecule has 1 N–H and O–H groups in total. The lowest BCUT2D eigenvalue weighted by Gasteiger charge is -2.24. The molecular weight excluding hydrogens is 262 g/mol. The molecule has 3 heteroatoms. The summed E-state index contributed by atoms with van der Waals surface area (Å²) in [5.74, 6) is 2.53. The second-order valence-corrected chi connectivity index (χ2v) is 6.04. The number of hydrogen-bond donors (Lipinski definition) is 1. The maximum absolute atomic E-state index is 5.41. The van der Waals surface area contributed by atoms with Crippen molar-refractivity contribution in [1.29, 1.82) is 0 Å². The monoisotopic (exact) mass is 291 g/mol. The van der Waals surface area contributed by atoms with E-state index in [9.17, 15) is 0 Å². The first kappa shape index (κ1) is 16.2. The summed E-state index contributed by atoms with van der Waals surface area (Å²) in [6.45, 7) is 0. The van der Waals surface area contributed by atoms with Crippen molar-refractivity contribution >= 4 is 0 Å². The molecule has 1 aromatic rings. The number of hydrogen-bond acceptors (Lipinski definition) is 3. The van der Waals surface area contributed by atoms with E-state index in [-0.39, 0.29) is 0 Å². The fraction of sp³-hybridized carbons (Fsp3) is 0.667. The molecule has 118 valence electrons. The lowest BCUT2D eigenvalue weighted by molar-refractivity contribution is 0.316. The topological polar surface area (TPSA) is 30.5 Å². The molecule has 1 aliphatic carbocycles. The summed E-state index contributed by atoms with van der Waals surface area (Å²) in [5.41, 5.74) is 1.28. The molecule has 0 amide bonds. The maximum Gasteiger partial charge on any atom is 0.161 e. The molecule has 0 radical (unpaired) electrons. The summed E-state index contributed by atoms with van der Waals surface area (Å²) < 4.78 is 10.7. The number of ether oxygens (including phenoxy) is 2. The molecule has 0 saturated heterocycles. The Morgan fingerprint density at radius 3 is 2.43 bits per heavy atom. The Balaban J connectivity index is 1.99. The van der Waals surface area contributed by atoms with E-state index in [1.54, 1.807) is 14.2 Å². The summed E-state index contributed by atoms with van der Waals surface area (Å²) in [5, 5.41) is 3.45. The van der Waals surface area contributed by atoms with Gasteiger partial charge >= 0.3 is 0 Å². The van der Waals surface area contributed by atoms with E-state index in [2.05, 4.69) is 17.4 Å². The van der Waals surface area contributed by atoms with Crippen LogP contribution in [0.4, 0.5) is 0 Å². The van der Waals surface area contributed by atoms with Crippen LogP contribution in [0.1, 0.15) is 56.6 Å². The summed E-state index contributed by atoms with van der Waals surface area (Å²) in [4.78, 5) is 0. The van der Waals surface area contributed by atoms with Crippen LogP contribution in [-0.4, -0.2) is 21.3 Å². The zero-order chi connectivity index (χ0) is 15.1. The molecule has 0 spiro atoms. The van der Waals surface area contributed by atoms with Crippen LogP contribution in [0.5, 0.6) is 11.5 Å². The average Bonchev–Trinajstić information content (AvgIpc) is 2.56. The molecule has 1 aromatic carbocycles. The van der Waals surface area contributed by atoms with Gasteiger partial charge in [-0.25, -0.2) is 0 Å². The van der Waals surface area contributed by atoms with Crippen molar-refractivity contribution in [2.24, 2.45) is 5.92 Å². The summed E-state index contributed by atoms with van der Waals surface area (Å²) in [6.07, 6.45) is 9.62. The van der Waals surface area contributed by atoms with Crippen molar-refractivity contribution in [3.8, 4) is 11.5 Å². The van der Waals surface area contributed by atoms with E-state index in [1.165, 1.54) is 50.5 Å². The molecular formula is C18H29NO2. The van der Waals surface area contributed by atoms with Crippen LogP contribution in [0.3, 0.4) is 0 Å². The van der Waals surface area contributed by atoms with Gasteiger partial charge in [0.1, 0.15) is 0 Å². The normalized spacial score (nSPS) is 17.5. The molecule has 1 saturated carbocycles. The maximum atomic E-state index is 5.41. The first-order valence-corrected chi connectivity index (χ1v) is 8.17. The number of rotatable bonds is 7. The smallest absolute Gasteiger partial charge is 0.161 e. The molecule has 0 aliphatic heterocycles. The Labute approximate surface area is 129 Å². The van der Waals surface area contributed by atoms with Crippen molar-refractivity contribution in [3.63, 3.8) is 0 Å². The van der Waals surface area contributed by atoms with Crippen LogP contribution in [-0.2, 0) is 0 Å². The minimum atomic E-state index is 0.395. The van der Waals surface area contributed by atoms with E-state index in [0.29, 0.717) is 6.04 Å². The molecule has 21 heavy (non-hydrogen) atoms. The molecule has 3 nitrogen and oxygen atoms in total. The first-order valence-electron chi connectivity index (χ1n) is 8.17. The highest BCUT2D eigenvalue weighted by Crippen LogP contribution is 2.33. The van der Waals surface area contributed by atoms with Gasteiger partial charge < -0.3 is 14.8 Å². The SMILES string of the molecule is CNC(CCC1CCCCC1)c1ccc(OC)c(OC)c1. The summed E-state index contributed by atoms with van der Waals surface area (Å²) in [7, 11) is 5.41. The van der Waals surface area contributed by atoms with Gasteiger partial charge in [-0.2, -0.15) is 0 Å². The Hall–Kier alpha value is -1.22. The number of methoxy groups -OCH3 is 2. The minimum Gasteiger partial charge on any atom is -0.493 e. The Kier molecular flexibility index (Phi) is 6.37. The van der Waals surface area contributed by atoms with Crippen molar-refractivity contribution in [2.45, 2.75) is 51.0 Å². The van der Waals surface area contributed by atoms with Crippen molar-refractivity contribution in [3.05, 3.63) is 23.8 Å². The zero-order valence-electron chi connectivity index (χ0n) is 13.7. The fourth-order valence-corrected chi connectivity index (χ4v) is 3.43. The zero-order valence-corrected chi connectivity index (χ0v) is 13.7. The first-order chi connectivity index (χ1) is 10.3. The lowest BCUT2D eigenvalue weighted by atomic mass is 9.84. The summed E-state index contributed by atoms with van der Waals surface area (Å²) >= 11 is 0. The van der Waals surface area contributed by atoms with Crippen LogP contribution in [0.25, 0.3) is 0 Å². The second kappa shape index (κ2) is 8.28. The predicted octanol–water partition coefficient (Wildman–Crippen LogP) is 4.32. The van der Waals surface area contributed by atoms with Gasteiger partial charge in [-0.1, -0.05) is 38.2 Å². The third kappa shape index (κ3) is 4.37. The Morgan fingerprint density at radius 2 is 1.81 bits per heavy atom.